The number of fused-ring (bicyclic) bond motifs is 1. The number of hydrogen-bond donors (Lipinski definition) is 2. The lowest BCUT2D eigenvalue weighted by molar-refractivity contribution is 0.175. The van der Waals surface area contributed by atoms with Crippen LogP contribution in [0.2, 0.25) is 0 Å². The monoisotopic (exact) mass is 255 g/mol. The average molecular weight is 255 g/mol. The van der Waals surface area contributed by atoms with Gasteiger partial charge < -0.3 is 20.5 Å². The molecule has 0 amide bonds. The van der Waals surface area contributed by atoms with Gasteiger partial charge in [-0.15, -0.1) is 0 Å². The molecule has 0 aromatic heterocycles. The zero-order valence-corrected chi connectivity index (χ0v) is 10.7. The van der Waals surface area contributed by atoms with Gasteiger partial charge in [0.2, 0.25) is 11.6 Å². The number of ether oxygens (including phenoxy) is 2. The highest BCUT2D eigenvalue weighted by atomic mass is 16.5. The SMILES string of the molecule is CC1=CC2(Nc3cc(C)ccc3O2)C(C#N)=C(N)O1. The highest BCUT2D eigenvalue weighted by Crippen LogP contribution is 2.43. The molecule has 1 aromatic carbocycles. The summed E-state index contributed by atoms with van der Waals surface area (Å²) in [4.78, 5) is 0. The second-order valence-electron chi connectivity index (χ2n) is 4.67. The maximum absolute atomic E-state index is 9.29. The van der Waals surface area contributed by atoms with Gasteiger partial charge in [0, 0.05) is 6.08 Å². The van der Waals surface area contributed by atoms with E-state index in [2.05, 4.69) is 11.4 Å². The van der Waals surface area contributed by atoms with Gasteiger partial charge in [0.15, 0.2) is 5.57 Å². The second kappa shape index (κ2) is 3.69. The molecule has 0 bridgehead atoms. The fourth-order valence-corrected chi connectivity index (χ4v) is 2.34. The van der Waals surface area contributed by atoms with E-state index in [1.807, 2.05) is 25.1 Å². The average Bonchev–Trinajstić information content (AvgIpc) is 2.65. The molecular weight excluding hydrogens is 242 g/mol. The van der Waals surface area contributed by atoms with Gasteiger partial charge in [-0.05, 0) is 31.5 Å². The lowest BCUT2D eigenvalue weighted by Crippen LogP contribution is -2.44. The van der Waals surface area contributed by atoms with Crippen LogP contribution in [-0.4, -0.2) is 5.72 Å². The first-order chi connectivity index (χ1) is 9.04. The Morgan fingerprint density at radius 2 is 2.16 bits per heavy atom. The largest absolute Gasteiger partial charge is 0.457 e. The molecule has 0 saturated heterocycles. The fraction of sp³-hybridized carbons (Fsp3) is 0.214. The van der Waals surface area contributed by atoms with Crippen LogP contribution in [0.1, 0.15) is 12.5 Å². The number of benzene rings is 1. The van der Waals surface area contributed by atoms with E-state index in [-0.39, 0.29) is 11.5 Å². The molecule has 5 nitrogen and oxygen atoms in total. The van der Waals surface area contributed by atoms with Crippen molar-refractivity contribution in [3.8, 4) is 11.8 Å². The van der Waals surface area contributed by atoms with Gasteiger partial charge in [0.25, 0.3) is 0 Å². The Balaban J connectivity index is 2.12. The molecule has 1 spiro atoms. The first-order valence-electron chi connectivity index (χ1n) is 5.89. The van der Waals surface area contributed by atoms with E-state index in [4.69, 9.17) is 15.2 Å². The molecule has 2 aliphatic rings. The Hall–Kier alpha value is -2.61. The van der Waals surface area contributed by atoms with Gasteiger partial charge in [-0.1, -0.05) is 6.07 Å². The van der Waals surface area contributed by atoms with Gasteiger partial charge in [-0.25, -0.2) is 0 Å². The number of nitrogens with one attached hydrogen (secondary N) is 1. The summed E-state index contributed by atoms with van der Waals surface area (Å²) in [7, 11) is 0. The van der Waals surface area contributed by atoms with Crippen LogP contribution in [-0.2, 0) is 4.74 Å². The number of hydrogen-bond acceptors (Lipinski definition) is 5. The molecule has 5 heteroatoms. The summed E-state index contributed by atoms with van der Waals surface area (Å²) < 4.78 is 11.2. The minimum atomic E-state index is -1.06. The predicted molar refractivity (Wildman–Crippen MR) is 69.8 cm³/mol. The number of nitriles is 1. The fourth-order valence-electron chi connectivity index (χ4n) is 2.34. The third-order valence-corrected chi connectivity index (χ3v) is 3.13. The van der Waals surface area contributed by atoms with Crippen molar-refractivity contribution in [2.45, 2.75) is 19.6 Å². The molecule has 1 atom stereocenters. The summed E-state index contributed by atoms with van der Waals surface area (Å²) >= 11 is 0. The van der Waals surface area contributed by atoms with Crippen LogP contribution in [0.3, 0.4) is 0 Å². The molecule has 2 heterocycles. The highest BCUT2D eigenvalue weighted by Gasteiger charge is 2.45. The number of aryl methyl sites for hydroxylation is 1. The Kier molecular flexibility index (Phi) is 2.23. The van der Waals surface area contributed by atoms with E-state index in [0.29, 0.717) is 11.5 Å². The third-order valence-electron chi connectivity index (χ3n) is 3.13. The number of nitrogens with two attached hydrogens (primary N) is 1. The third kappa shape index (κ3) is 1.61. The van der Waals surface area contributed by atoms with Crippen molar-refractivity contribution in [3.05, 3.63) is 47.1 Å². The predicted octanol–water partition coefficient (Wildman–Crippen LogP) is 2.12. The molecule has 3 N–H and O–H groups in total. The maximum atomic E-state index is 9.29. The molecule has 3 rings (SSSR count). The van der Waals surface area contributed by atoms with Crippen molar-refractivity contribution in [1.82, 2.24) is 0 Å². The summed E-state index contributed by atoms with van der Waals surface area (Å²) in [6, 6.07) is 7.84. The maximum Gasteiger partial charge on any atom is 0.245 e. The van der Waals surface area contributed by atoms with Gasteiger partial charge in [-0.3, -0.25) is 0 Å². The lowest BCUT2D eigenvalue weighted by Gasteiger charge is -2.30. The van der Waals surface area contributed by atoms with Gasteiger partial charge in [0.1, 0.15) is 17.6 Å². The quantitative estimate of drug-likeness (QED) is 0.742. The van der Waals surface area contributed by atoms with E-state index in [1.165, 1.54) is 0 Å². The number of allylic oxidation sites excluding steroid dienone is 1. The Bertz CT molecular complexity index is 670. The van der Waals surface area contributed by atoms with E-state index in [9.17, 15) is 5.26 Å². The summed E-state index contributed by atoms with van der Waals surface area (Å²) in [6.45, 7) is 3.76. The van der Waals surface area contributed by atoms with Gasteiger partial charge in [-0.2, -0.15) is 5.26 Å². The van der Waals surface area contributed by atoms with E-state index in [1.54, 1.807) is 13.0 Å². The molecule has 0 saturated carbocycles. The zero-order valence-electron chi connectivity index (χ0n) is 10.7. The molecule has 19 heavy (non-hydrogen) atoms. The minimum absolute atomic E-state index is 0.0690. The Morgan fingerprint density at radius 3 is 2.89 bits per heavy atom. The minimum Gasteiger partial charge on any atom is -0.457 e. The van der Waals surface area contributed by atoms with Crippen molar-refractivity contribution in [2.24, 2.45) is 5.73 Å². The molecule has 1 unspecified atom stereocenters. The molecule has 96 valence electrons. The first kappa shape index (κ1) is 11.5. The summed E-state index contributed by atoms with van der Waals surface area (Å²) in [6.07, 6.45) is 1.72. The molecule has 0 radical (unpaired) electrons. The van der Waals surface area contributed by atoms with Crippen molar-refractivity contribution in [2.75, 3.05) is 5.32 Å². The van der Waals surface area contributed by atoms with Crippen LogP contribution in [0, 0.1) is 18.3 Å². The van der Waals surface area contributed by atoms with E-state index >= 15 is 0 Å². The number of rotatable bonds is 0. The van der Waals surface area contributed by atoms with Crippen molar-refractivity contribution >= 4 is 5.69 Å². The summed E-state index contributed by atoms with van der Waals surface area (Å²) in [5.74, 6) is 1.35. The van der Waals surface area contributed by atoms with E-state index < -0.39 is 5.72 Å². The van der Waals surface area contributed by atoms with Crippen LogP contribution < -0.4 is 15.8 Å². The van der Waals surface area contributed by atoms with E-state index in [0.717, 1.165) is 11.3 Å². The smallest absolute Gasteiger partial charge is 0.245 e. The topological polar surface area (TPSA) is 80.3 Å². The normalized spacial score (nSPS) is 23.9. The lowest BCUT2D eigenvalue weighted by atomic mass is 10.0. The van der Waals surface area contributed by atoms with Crippen molar-refractivity contribution in [3.63, 3.8) is 0 Å². The van der Waals surface area contributed by atoms with Crippen molar-refractivity contribution < 1.29 is 9.47 Å². The Labute approximate surface area is 110 Å². The second-order valence-corrected chi connectivity index (χ2v) is 4.67. The van der Waals surface area contributed by atoms with Crippen LogP contribution in [0.25, 0.3) is 0 Å². The van der Waals surface area contributed by atoms with Gasteiger partial charge >= 0.3 is 0 Å². The van der Waals surface area contributed by atoms with Gasteiger partial charge in [0.05, 0.1) is 5.69 Å². The summed E-state index contributed by atoms with van der Waals surface area (Å²) in [5, 5.41) is 12.5. The first-order valence-corrected chi connectivity index (χ1v) is 5.89. The van der Waals surface area contributed by atoms with Crippen molar-refractivity contribution in [1.29, 1.82) is 5.26 Å². The molecular formula is C14H13N3O2. The number of nitrogens with zero attached hydrogens (tertiary/aromatic N) is 1. The van der Waals surface area contributed by atoms with Crippen LogP contribution >= 0.6 is 0 Å². The highest BCUT2D eigenvalue weighted by molar-refractivity contribution is 5.68. The molecule has 2 aliphatic heterocycles. The van der Waals surface area contributed by atoms with Crippen LogP contribution in [0.4, 0.5) is 5.69 Å². The molecule has 0 fully saturated rings. The zero-order chi connectivity index (χ0) is 13.6. The van der Waals surface area contributed by atoms with Crippen LogP contribution in [0.15, 0.2) is 41.5 Å². The van der Waals surface area contributed by atoms with Crippen LogP contribution in [0.5, 0.6) is 5.75 Å². The number of anilines is 1. The molecule has 1 aromatic rings. The summed E-state index contributed by atoms with van der Waals surface area (Å²) in [5.41, 5.74) is 6.89. The molecule has 0 aliphatic carbocycles. The standard InChI is InChI=1S/C14H13N3O2/c1-8-3-4-12-11(5-8)17-14(19-12)6-9(2)18-13(16)10(14)7-15/h3-6,17H,16H2,1-2H3. The Morgan fingerprint density at radius 1 is 1.37 bits per heavy atom.